The van der Waals surface area contributed by atoms with Gasteiger partial charge in [-0.3, -0.25) is 9.48 Å². The first-order valence-corrected chi connectivity index (χ1v) is 5.84. The molecule has 1 rings (SSSR count). The van der Waals surface area contributed by atoms with E-state index in [1.807, 2.05) is 6.92 Å². The van der Waals surface area contributed by atoms with E-state index >= 15 is 0 Å². The Morgan fingerprint density at radius 3 is 2.60 bits per heavy atom. The molecule has 0 unspecified atom stereocenters. The van der Waals surface area contributed by atoms with Gasteiger partial charge in [-0.1, -0.05) is 0 Å². The van der Waals surface area contributed by atoms with Crippen molar-refractivity contribution in [2.75, 3.05) is 0 Å². The highest BCUT2D eigenvalue weighted by Crippen LogP contribution is 2.04. The van der Waals surface area contributed by atoms with Gasteiger partial charge in [-0.2, -0.15) is 5.10 Å². The Balaban J connectivity index is 2.52. The third-order valence-corrected chi connectivity index (χ3v) is 2.79. The summed E-state index contributed by atoms with van der Waals surface area (Å²) >= 11 is 0. The number of nitrogens with one attached hydrogen (secondary N) is 2. The molecule has 0 spiro atoms. The quantitative estimate of drug-likeness (QED) is 0.522. The fourth-order valence-corrected chi connectivity index (χ4v) is 1.50. The Morgan fingerprint density at radius 1 is 1.50 bits per heavy atom. The van der Waals surface area contributed by atoms with E-state index in [4.69, 9.17) is 10.8 Å². The van der Waals surface area contributed by atoms with E-state index in [0.717, 1.165) is 11.3 Å². The molecule has 1 aromatic heterocycles. The van der Waals surface area contributed by atoms with Crippen molar-refractivity contribution in [2.45, 2.75) is 25.9 Å². The first-order chi connectivity index (χ1) is 9.31. The van der Waals surface area contributed by atoms with E-state index < -0.39 is 30.4 Å². The zero-order valence-electron chi connectivity index (χ0n) is 11.2. The van der Waals surface area contributed by atoms with Crippen LogP contribution in [0.5, 0.6) is 0 Å². The minimum absolute atomic E-state index is 0.203. The summed E-state index contributed by atoms with van der Waals surface area (Å²) in [6.07, 6.45) is 1.14. The summed E-state index contributed by atoms with van der Waals surface area (Å²) in [5.74, 6) is -2.13. The van der Waals surface area contributed by atoms with Gasteiger partial charge in [0.15, 0.2) is 0 Å². The fourth-order valence-electron chi connectivity index (χ4n) is 1.50. The number of aromatic nitrogens is 2. The van der Waals surface area contributed by atoms with Gasteiger partial charge in [0.1, 0.15) is 6.04 Å². The van der Waals surface area contributed by atoms with Crippen molar-refractivity contribution in [3.8, 4) is 0 Å². The van der Waals surface area contributed by atoms with E-state index in [0.29, 0.717) is 0 Å². The number of nitrogens with two attached hydrogens (primary N) is 1. The average Bonchev–Trinajstić information content (AvgIpc) is 2.66. The Morgan fingerprint density at radius 2 is 2.15 bits per heavy atom. The summed E-state index contributed by atoms with van der Waals surface area (Å²) < 4.78 is 1.65. The van der Waals surface area contributed by atoms with Crippen LogP contribution in [0.1, 0.15) is 17.7 Å². The molecule has 9 nitrogen and oxygen atoms in total. The van der Waals surface area contributed by atoms with Crippen LogP contribution in [-0.2, 0) is 23.2 Å². The number of hydrogen-bond acceptors (Lipinski definition) is 4. The van der Waals surface area contributed by atoms with Gasteiger partial charge >= 0.3 is 12.0 Å². The number of rotatable bonds is 6. The van der Waals surface area contributed by atoms with Gasteiger partial charge in [-0.25, -0.2) is 9.59 Å². The van der Waals surface area contributed by atoms with Crippen LogP contribution >= 0.6 is 0 Å². The monoisotopic (exact) mass is 283 g/mol. The maximum atomic E-state index is 11.6. The highest BCUT2D eigenvalue weighted by Gasteiger charge is 2.22. The van der Waals surface area contributed by atoms with Crippen LogP contribution in [0.25, 0.3) is 0 Å². The van der Waals surface area contributed by atoms with Crippen molar-refractivity contribution < 1.29 is 19.5 Å². The molecule has 1 aromatic rings. The van der Waals surface area contributed by atoms with Crippen molar-refractivity contribution in [3.63, 3.8) is 0 Å². The lowest BCUT2D eigenvalue weighted by atomic mass is 10.2. The van der Waals surface area contributed by atoms with Crippen molar-refractivity contribution >= 4 is 17.9 Å². The normalized spacial score (nSPS) is 11.7. The number of carboxylic acids is 1. The molecule has 110 valence electrons. The SMILES string of the molecule is Cc1c(CNC(=O)N[C@H](CC(N)=O)C(=O)O)cnn1C. The molecule has 0 aliphatic carbocycles. The molecule has 9 heteroatoms. The summed E-state index contributed by atoms with van der Waals surface area (Å²) in [5.41, 5.74) is 6.61. The van der Waals surface area contributed by atoms with Crippen molar-refractivity contribution in [1.82, 2.24) is 20.4 Å². The van der Waals surface area contributed by atoms with Gasteiger partial charge in [0.05, 0.1) is 12.6 Å². The fraction of sp³-hybridized carbons (Fsp3) is 0.455. The zero-order valence-corrected chi connectivity index (χ0v) is 11.2. The predicted molar refractivity (Wildman–Crippen MR) is 68.6 cm³/mol. The van der Waals surface area contributed by atoms with Gasteiger partial charge in [-0.05, 0) is 6.92 Å². The Labute approximate surface area is 115 Å². The van der Waals surface area contributed by atoms with Crippen LogP contribution in [0.4, 0.5) is 4.79 Å². The molecule has 0 aliphatic heterocycles. The van der Waals surface area contributed by atoms with Gasteiger partial charge in [0.25, 0.3) is 0 Å². The molecule has 0 radical (unpaired) electrons. The number of nitrogens with zero attached hydrogens (tertiary/aromatic N) is 2. The molecule has 0 aliphatic rings. The molecule has 0 fully saturated rings. The molecule has 0 bridgehead atoms. The number of aliphatic carboxylic acids is 1. The van der Waals surface area contributed by atoms with Crippen LogP contribution < -0.4 is 16.4 Å². The third-order valence-electron chi connectivity index (χ3n) is 2.79. The molecular weight excluding hydrogens is 266 g/mol. The minimum Gasteiger partial charge on any atom is -0.480 e. The largest absolute Gasteiger partial charge is 0.480 e. The van der Waals surface area contributed by atoms with E-state index in [1.165, 1.54) is 0 Å². The maximum absolute atomic E-state index is 11.6. The Hall–Kier alpha value is -2.58. The second kappa shape index (κ2) is 6.55. The highest BCUT2D eigenvalue weighted by molar-refractivity contribution is 5.87. The molecule has 0 aromatic carbocycles. The Kier molecular flexibility index (Phi) is 5.07. The summed E-state index contributed by atoms with van der Waals surface area (Å²) in [5, 5.41) is 17.5. The van der Waals surface area contributed by atoms with Gasteiger partial charge in [-0.15, -0.1) is 0 Å². The molecule has 5 N–H and O–H groups in total. The van der Waals surface area contributed by atoms with E-state index in [9.17, 15) is 14.4 Å². The second-order valence-corrected chi connectivity index (χ2v) is 4.27. The molecule has 0 saturated heterocycles. The van der Waals surface area contributed by atoms with Crippen LogP contribution in [0.3, 0.4) is 0 Å². The van der Waals surface area contributed by atoms with Crippen LogP contribution in [0, 0.1) is 6.92 Å². The summed E-state index contributed by atoms with van der Waals surface area (Å²) in [4.78, 5) is 33.1. The zero-order chi connectivity index (χ0) is 15.3. The number of primary amides is 1. The highest BCUT2D eigenvalue weighted by atomic mass is 16.4. The van der Waals surface area contributed by atoms with Crippen LogP contribution in [0.15, 0.2) is 6.20 Å². The molecule has 0 saturated carbocycles. The first kappa shape index (κ1) is 15.5. The van der Waals surface area contributed by atoms with Crippen molar-refractivity contribution in [2.24, 2.45) is 12.8 Å². The van der Waals surface area contributed by atoms with Gasteiger partial charge in [0, 0.05) is 24.8 Å². The number of hydrogen-bond donors (Lipinski definition) is 4. The molecule has 20 heavy (non-hydrogen) atoms. The first-order valence-electron chi connectivity index (χ1n) is 5.84. The lowest BCUT2D eigenvalue weighted by Crippen LogP contribution is -2.47. The number of urea groups is 1. The van der Waals surface area contributed by atoms with E-state index in [2.05, 4.69) is 15.7 Å². The number of carbonyl (C=O) groups is 3. The Bertz CT molecular complexity index is 525. The molecular formula is C11H17N5O4. The predicted octanol–water partition coefficient (Wildman–Crippen LogP) is -1.14. The lowest BCUT2D eigenvalue weighted by molar-refractivity contribution is -0.140. The minimum atomic E-state index is -1.34. The van der Waals surface area contributed by atoms with Gasteiger partial charge in [0.2, 0.25) is 5.91 Å². The second-order valence-electron chi connectivity index (χ2n) is 4.27. The number of carbonyl (C=O) groups excluding carboxylic acids is 2. The lowest BCUT2D eigenvalue weighted by Gasteiger charge is -2.13. The smallest absolute Gasteiger partial charge is 0.326 e. The molecule has 1 atom stereocenters. The van der Waals surface area contributed by atoms with Crippen molar-refractivity contribution in [1.29, 1.82) is 0 Å². The van der Waals surface area contributed by atoms with Crippen molar-refractivity contribution in [3.05, 3.63) is 17.5 Å². The number of aryl methyl sites for hydroxylation is 1. The summed E-state index contributed by atoms with van der Waals surface area (Å²) in [7, 11) is 1.77. The number of carboxylic acid groups (broad SMARTS) is 1. The molecule has 1 heterocycles. The average molecular weight is 283 g/mol. The number of amides is 3. The van der Waals surface area contributed by atoms with Crippen LogP contribution in [-0.4, -0.2) is 38.8 Å². The van der Waals surface area contributed by atoms with Gasteiger partial charge < -0.3 is 21.5 Å². The summed E-state index contributed by atoms with van der Waals surface area (Å²) in [6.45, 7) is 2.05. The summed E-state index contributed by atoms with van der Waals surface area (Å²) in [6, 6.07) is -2.04. The topological polar surface area (TPSA) is 139 Å². The maximum Gasteiger partial charge on any atom is 0.326 e. The van der Waals surface area contributed by atoms with Crippen LogP contribution in [0.2, 0.25) is 0 Å². The van der Waals surface area contributed by atoms with E-state index in [1.54, 1.807) is 17.9 Å². The van der Waals surface area contributed by atoms with E-state index in [-0.39, 0.29) is 6.54 Å². The standard InChI is InChI=1S/C11H17N5O4/c1-6-7(5-14-16(6)2)4-13-11(20)15-8(10(18)19)3-9(12)17/h5,8H,3-4H2,1-2H3,(H2,12,17)(H,18,19)(H2,13,15,20)/t8-/m1/s1. The molecule has 3 amide bonds. The third kappa shape index (κ3) is 4.26.